The fourth-order valence-corrected chi connectivity index (χ4v) is 3.19. The highest BCUT2D eigenvalue weighted by Crippen LogP contribution is 2.30. The molecule has 27 heavy (non-hydrogen) atoms. The Bertz CT molecular complexity index is 847. The summed E-state index contributed by atoms with van der Waals surface area (Å²) in [5.74, 6) is 0.709. The molecule has 1 aliphatic rings. The van der Waals surface area contributed by atoms with Gasteiger partial charge in [0.2, 0.25) is 0 Å². The van der Waals surface area contributed by atoms with Crippen LogP contribution in [0.5, 0.6) is 11.5 Å². The highest BCUT2D eigenvalue weighted by atomic mass is 16.6. The molecule has 0 spiro atoms. The molecule has 0 radical (unpaired) electrons. The molecule has 3 rings (SSSR count). The number of piperazine rings is 1. The zero-order valence-electron chi connectivity index (χ0n) is 15.3. The third-order valence-corrected chi connectivity index (χ3v) is 4.62. The van der Waals surface area contributed by atoms with Crippen LogP contribution in [0.1, 0.15) is 10.4 Å². The molecule has 2 aromatic rings. The summed E-state index contributed by atoms with van der Waals surface area (Å²) in [5, 5.41) is 11.2. The van der Waals surface area contributed by atoms with E-state index in [4.69, 9.17) is 9.47 Å². The standard InChI is InChI=1S/C19H21N3O5/c1-26-17-6-4-3-5-15(17)20-9-11-21(12-10-20)19(23)14-7-8-18(27-2)16(13-14)22(24)25/h3-8,13H,9-12H2,1-2H3. The molecule has 8 heteroatoms. The fraction of sp³-hybridized carbons (Fsp3) is 0.316. The second kappa shape index (κ2) is 7.94. The van der Waals surface area contributed by atoms with Crippen molar-refractivity contribution in [1.29, 1.82) is 0 Å². The normalized spacial score (nSPS) is 14.0. The van der Waals surface area contributed by atoms with E-state index in [1.807, 2.05) is 24.3 Å². The average molecular weight is 371 g/mol. The van der Waals surface area contributed by atoms with Gasteiger partial charge in [-0.05, 0) is 24.3 Å². The maximum atomic E-state index is 12.8. The number of rotatable bonds is 5. The van der Waals surface area contributed by atoms with Crippen molar-refractivity contribution in [2.75, 3.05) is 45.3 Å². The van der Waals surface area contributed by atoms with Crippen molar-refractivity contribution in [2.45, 2.75) is 0 Å². The molecule has 1 saturated heterocycles. The SMILES string of the molecule is COc1ccccc1N1CCN(C(=O)c2ccc(OC)c([N+](=O)[O-])c2)CC1. The van der Waals surface area contributed by atoms with Gasteiger partial charge in [0.25, 0.3) is 5.91 Å². The van der Waals surface area contributed by atoms with Gasteiger partial charge in [0.15, 0.2) is 5.75 Å². The quantitative estimate of drug-likeness (QED) is 0.593. The lowest BCUT2D eigenvalue weighted by Gasteiger charge is -2.36. The Hall–Kier alpha value is -3.29. The minimum atomic E-state index is -0.546. The van der Waals surface area contributed by atoms with Crippen LogP contribution < -0.4 is 14.4 Å². The molecule has 8 nitrogen and oxygen atoms in total. The first-order valence-corrected chi connectivity index (χ1v) is 8.55. The number of anilines is 1. The second-order valence-electron chi connectivity index (χ2n) is 6.09. The van der Waals surface area contributed by atoms with Crippen LogP contribution >= 0.6 is 0 Å². The number of para-hydroxylation sites is 2. The highest BCUT2D eigenvalue weighted by Gasteiger charge is 2.25. The molecular formula is C19H21N3O5. The maximum absolute atomic E-state index is 12.8. The molecule has 0 aliphatic carbocycles. The second-order valence-corrected chi connectivity index (χ2v) is 6.09. The summed E-state index contributed by atoms with van der Waals surface area (Å²) in [7, 11) is 3.00. The molecule has 0 unspecified atom stereocenters. The number of methoxy groups -OCH3 is 2. The molecule has 0 bridgehead atoms. The van der Waals surface area contributed by atoms with E-state index in [-0.39, 0.29) is 22.9 Å². The molecule has 1 aliphatic heterocycles. The van der Waals surface area contributed by atoms with Gasteiger partial charge in [-0.2, -0.15) is 0 Å². The number of benzene rings is 2. The van der Waals surface area contributed by atoms with E-state index in [1.54, 1.807) is 18.1 Å². The van der Waals surface area contributed by atoms with Crippen LogP contribution in [0.2, 0.25) is 0 Å². The van der Waals surface area contributed by atoms with E-state index in [9.17, 15) is 14.9 Å². The van der Waals surface area contributed by atoms with Crippen LogP contribution in [0.4, 0.5) is 11.4 Å². The lowest BCUT2D eigenvalue weighted by atomic mass is 10.1. The minimum Gasteiger partial charge on any atom is -0.495 e. The van der Waals surface area contributed by atoms with E-state index in [1.165, 1.54) is 19.2 Å². The van der Waals surface area contributed by atoms with Gasteiger partial charge in [0.05, 0.1) is 24.8 Å². The molecule has 142 valence electrons. The van der Waals surface area contributed by atoms with Gasteiger partial charge >= 0.3 is 5.69 Å². The van der Waals surface area contributed by atoms with Gasteiger partial charge in [0, 0.05) is 37.8 Å². The Morgan fingerprint density at radius 2 is 1.67 bits per heavy atom. The number of ether oxygens (including phenoxy) is 2. The maximum Gasteiger partial charge on any atom is 0.311 e. The fourth-order valence-electron chi connectivity index (χ4n) is 3.19. The number of hydrogen-bond donors (Lipinski definition) is 0. The zero-order chi connectivity index (χ0) is 19.4. The van der Waals surface area contributed by atoms with Gasteiger partial charge in [-0.15, -0.1) is 0 Å². The van der Waals surface area contributed by atoms with E-state index in [0.717, 1.165) is 11.4 Å². The Morgan fingerprint density at radius 3 is 2.30 bits per heavy atom. The van der Waals surface area contributed by atoms with E-state index < -0.39 is 4.92 Å². The first-order valence-electron chi connectivity index (χ1n) is 8.55. The Morgan fingerprint density at radius 1 is 1.00 bits per heavy atom. The van der Waals surface area contributed by atoms with Crippen molar-refractivity contribution >= 4 is 17.3 Å². The van der Waals surface area contributed by atoms with Crippen LogP contribution in [0, 0.1) is 10.1 Å². The smallest absolute Gasteiger partial charge is 0.311 e. The number of hydrogen-bond acceptors (Lipinski definition) is 6. The predicted octanol–water partition coefficient (Wildman–Crippen LogP) is 2.57. The summed E-state index contributed by atoms with van der Waals surface area (Å²) in [6, 6.07) is 12.0. The van der Waals surface area contributed by atoms with Gasteiger partial charge in [0.1, 0.15) is 5.75 Å². The predicted molar refractivity (Wildman–Crippen MR) is 101 cm³/mol. The molecular weight excluding hydrogens is 350 g/mol. The molecule has 1 fully saturated rings. The number of carbonyl (C=O) groups excluding carboxylic acids is 1. The largest absolute Gasteiger partial charge is 0.495 e. The molecule has 0 atom stereocenters. The van der Waals surface area contributed by atoms with Gasteiger partial charge in [-0.1, -0.05) is 12.1 Å². The molecule has 2 aromatic carbocycles. The van der Waals surface area contributed by atoms with Crippen molar-refractivity contribution in [2.24, 2.45) is 0 Å². The third kappa shape index (κ3) is 3.79. The summed E-state index contributed by atoms with van der Waals surface area (Å²) < 4.78 is 10.4. The number of amides is 1. The van der Waals surface area contributed by atoms with Crippen LogP contribution in [0.15, 0.2) is 42.5 Å². The molecule has 1 heterocycles. The Kier molecular flexibility index (Phi) is 5.44. The average Bonchev–Trinajstić information content (AvgIpc) is 2.72. The van der Waals surface area contributed by atoms with Crippen LogP contribution in [0.25, 0.3) is 0 Å². The van der Waals surface area contributed by atoms with Crippen molar-refractivity contribution in [3.63, 3.8) is 0 Å². The first kappa shape index (κ1) is 18.5. The van der Waals surface area contributed by atoms with Gasteiger partial charge in [-0.3, -0.25) is 14.9 Å². The molecule has 0 saturated carbocycles. The van der Waals surface area contributed by atoms with Crippen molar-refractivity contribution in [3.8, 4) is 11.5 Å². The number of nitro benzene ring substituents is 1. The number of nitrogens with zero attached hydrogens (tertiary/aromatic N) is 3. The van der Waals surface area contributed by atoms with Gasteiger partial charge in [-0.25, -0.2) is 0 Å². The lowest BCUT2D eigenvalue weighted by Crippen LogP contribution is -2.48. The van der Waals surface area contributed by atoms with Crippen molar-refractivity contribution < 1.29 is 19.2 Å². The summed E-state index contributed by atoms with van der Waals surface area (Å²) in [4.78, 5) is 27.3. The summed E-state index contributed by atoms with van der Waals surface area (Å²) in [6.07, 6.45) is 0. The van der Waals surface area contributed by atoms with E-state index in [0.29, 0.717) is 26.2 Å². The number of carbonyl (C=O) groups is 1. The minimum absolute atomic E-state index is 0.137. The topological polar surface area (TPSA) is 85.2 Å². The lowest BCUT2D eigenvalue weighted by molar-refractivity contribution is -0.385. The Labute approximate surface area is 157 Å². The monoisotopic (exact) mass is 371 g/mol. The third-order valence-electron chi connectivity index (χ3n) is 4.62. The molecule has 0 N–H and O–H groups in total. The molecule has 1 amide bonds. The highest BCUT2D eigenvalue weighted by molar-refractivity contribution is 5.95. The summed E-state index contributed by atoms with van der Waals surface area (Å²) in [5.41, 5.74) is 1.07. The van der Waals surface area contributed by atoms with Crippen molar-refractivity contribution in [3.05, 3.63) is 58.1 Å². The number of nitro groups is 1. The summed E-state index contributed by atoms with van der Waals surface area (Å²) >= 11 is 0. The zero-order valence-corrected chi connectivity index (χ0v) is 15.3. The van der Waals surface area contributed by atoms with E-state index >= 15 is 0 Å². The first-order chi connectivity index (χ1) is 13.0. The summed E-state index contributed by atoms with van der Waals surface area (Å²) in [6.45, 7) is 2.36. The molecule has 0 aromatic heterocycles. The van der Waals surface area contributed by atoms with Crippen LogP contribution in [-0.2, 0) is 0 Å². The van der Waals surface area contributed by atoms with Crippen LogP contribution in [0.3, 0.4) is 0 Å². The van der Waals surface area contributed by atoms with Crippen LogP contribution in [-0.4, -0.2) is 56.1 Å². The van der Waals surface area contributed by atoms with Crippen molar-refractivity contribution in [1.82, 2.24) is 4.90 Å². The van der Waals surface area contributed by atoms with Gasteiger partial charge < -0.3 is 19.3 Å². The van der Waals surface area contributed by atoms with E-state index in [2.05, 4.69) is 4.90 Å². The Balaban J connectivity index is 1.72.